The van der Waals surface area contributed by atoms with Crippen LogP contribution in [0.25, 0.3) is 0 Å². The van der Waals surface area contributed by atoms with E-state index in [1.165, 1.54) is 25.3 Å². The summed E-state index contributed by atoms with van der Waals surface area (Å²) in [4.78, 5) is 4.84. The lowest BCUT2D eigenvalue weighted by Gasteiger charge is -2.38. The van der Waals surface area contributed by atoms with Crippen LogP contribution in [0.4, 0.5) is 4.39 Å². The van der Waals surface area contributed by atoms with Gasteiger partial charge in [-0.25, -0.2) is 4.39 Å². The lowest BCUT2D eigenvalue weighted by atomic mass is 9.69. The van der Waals surface area contributed by atoms with Gasteiger partial charge >= 0.3 is 0 Å². The maximum atomic E-state index is 13.9. The summed E-state index contributed by atoms with van der Waals surface area (Å²) in [6, 6.07) is 7.09. The highest BCUT2D eigenvalue weighted by Gasteiger charge is 2.36. The first kappa shape index (κ1) is 22.0. The lowest BCUT2D eigenvalue weighted by molar-refractivity contribution is 0.131. The van der Waals surface area contributed by atoms with Gasteiger partial charge in [-0.3, -0.25) is 4.99 Å². The zero-order chi connectivity index (χ0) is 20.6. The molecule has 1 unspecified atom stereocenters. The zero-order valence-electron chi connectivity index (χ0n) is 17.7. The van der Waals surface area contributed by atoms with Gasteiger partial charge < -0.3 is 20.5 Å². The number of halogens is 1. The largest absolute Gasteiger partial charge is 0.396 e. The quantitative estimate of drug-likeness (QED) is 0.458. The Labute approximate surface area is 174 Å². The van der Waals surface area contributed by atoms with E-state index in [1.54, 1.807) is 6.07 Å². The molecule has 1 aromatic carbocycles. The van der Waals surface area contributed by atoms with E-state index in [9.17, 15) is 9.50 Å². The number of aliphatic hydroxyl groups excluding tert-OH is 1. The van der Waals surface area contributed by atoms with Gasteiger partial charge in [0.25, 0.3) is 0 Å². The summed E-state index contributed by atoms with van der Waals surface area (Å²) in [5, 5.41) is 16.3. The van der Waals surface area contributed by atoms with E-state index in [-0.39, 0.29) is 23.3 Å². The molecule has 162 valence electrons. The molecule has 0 radical (unpaired) electrons. The van der Waals surface area contributed by atoms with E-state index in [0.29, 0.717) is 19.6 Å². The Morgan fingerprint density at radius 3 is 2.69 bits per heavy atom. The molecule has 0 spiro atoms. The first-order valence-corrected chi connectivity index (χ1v) is 11.1. The van der Waals surface area contributed by atoms with E-state index in [0.717, 1.165) is 50.5 Å². The molecule has 0 amide bonds. The molecule has 2 aliphatic rings. The van der Waals surface area contributed by atoms with Crippen LogP contribution >= 0.6 is 0 Å². The Kier molecular flexibility index (Phi) is 7.90. The van der Waals surface area contributed by atoms with Crippen molar-refractivity contribution in [2.45, 2.75) is 57.3 Å². The van der Waals surface area contributed by atoms with Crippen LogP contribution in [0.5, 0.6) is 0 Å². The maximum Gasteiger partial charge on any atom is 0.191 e. The molecule has 6 heteroatoms. The Balaban J connectivity index is 1.73. The summed E-state index contributed by atoms with van der Waals surface area (Å²) in [6.45, 7) is 5.77. The average Bonchev–Trinajstić information content (AvgIpc) is 3.20. The third-order valence-corrected chi connectivity index (χ3v) is 6.59. The molecule has 1 saturated carbocycles. The molecule has 1 aliphatic carbocycles. The second-order valence-electron chi connectivity index (χ2n) is 8.68. The third-order valence-electron chi connectivity index (χ3n) is 6.59. The molecule has 3 rings (SSSR count). The van der Waals surface area contributed by atoms with Crippen LogP contribution in [0.3, 0.4) is 0 Å². The fourth-order valence-corrected chi connectivity index (χ4v) is 4.74. The molecule has 2 fully saturated rings. The Morgan fingerprint density at radius 1 is 1.21 bits per heavy atom. The predicted molar refractivity (Wildman–Crippen MR) is 115 cm³/mol. The summed E-state index contributed by atoms with van der Waals surface area (Å²) in [5.74, 6) is 0.623. The SMILES string of the molecule is CCNC(=NCC1(CCO)CCOC1)NCC1(c2cccc(F)c2)CCCCC1. The molecular formula is C23H36FN3O2. The molecular weight excluding hydrogens is 369 g/mol. The fraction of sp³-hybridized carbons (Fsp3) is 0.696. The average molecular weight is 406 g/mol. The van der Waals surface area contributed by atoms with Crippen molar-refractivity contribution in [3.63, 3.8) is 0 Å². The summed E-state index contributed by atoms with van der Waals surface area (Å²) in [6.07, 6.45) is 7.35. The van der Waals surface area contributed by atoms with Crippen molar-refractivity contribution in [3.8, 4) is 0 Å². The molecule has 1 aromatic rings. The normalized spacial score (nSPS) is 24.4. The number of hydrogen-bond donors (Lipinski definition) is 3. The standard InChI is InChI=1S/C23H36FN3O2/c1-2-25-21(26-16-22(11-13-28)12-14-29-18-22)27-17-23(9-4-3-5-10-23)19-7-6-8-20(24)15-19/h6-8,15,28H,2-5,9-14,16-18H2,1H3,(H2,25,26,27). The minimum atomic E-state index is -0.166. The summed E-state index contributed by atoms with van der Waals surface area (Å²) < 4.78 is 19.5. The van der Waals surface area contributed by atoms with Crippen molar-refractivity contribution < 1.29 is 14.2 Å². The van der Waals surface area contributed by atoms with E-state index >= 15 is 0 Å². The molecule has 5 nitrogen and oxygen atoms in total. The van der Waals surface area contributed by atoms with Gasteiger partial charge in [0.15, 0.2) is 5.96 Å². The highest BCUT2D eigenvalue weighted by atomic mass is 19.1. The number of rotatable bonds is 8. The number of ether oxygens (including phenoxy) is 1. The highest BCUT2D eigenvalue weighted by molar-refractivity contribution is 5.79. The van der Waals surface area contributed by atoms with Gasteiger partial charge in [-0.1, -0.05) is 31.4 Å². The van der Waals surface area contributed by atoms with Crippen LogP contribution in [0.1, 0.15) is 57.4 Å². The Bertz CT molecular complexity index is 668. The third kappa shape index (κ3) is 5.70. The predicted octanol–water partition coefficient (Wildman–Crippen LogP) is 3.37. The molecule has 1 heterocycles. The van der Waals surface area contributed by atoms with Crippen LogP contribution < -0.4 is 10.6 Å². The van der Waals surface area contributed by atoms with Crippen molar-refractivity contribution in [2.75, 3.05) is 39.5 Å². The van der Waals surface area contributed by atoms with Crippen LogP contribution in [-0.2, 0) is 10.2 Å². The van der Waals surface area contributed by atoms with Gasteiger partial charge in [-0.2, -0.15) is 0 Å². The number of aliphatic hydroxyl groups is 1. The molecule has 3 N–H and O–H groups in total. The number of nitrogens with zero attached hydrogens (tertiary/aromatic N) is 1. The second-order valence-corrected chi connectivity index (χ2v) is 8.68. The van der Waals surface area contributed by atoms with E-state index < -0.39 is 0 Å². The van der Waals surface area contributed by atoms with Crippen LogP contribution in [0.15, 0.2) is 29.3 Å². The van der Waals surface area contributed by atoms with Crippen molar-refractivity contribution in [1.82, 2.24) is 10.6 Å². The first-order valence-electron chi connectivity index (χ1n) is 11.1. The number of aliphatic imine (C=N–C) groups is 1. The number of benzene rings is 1. The number of guanidine groups is 1. The van der Waals surface area contributed by atoms with Crippen molar-refractivity contribution in [1.29, 1.82) is 0 Å². The van der Waals surface area contributed by atoms with Gasteiger partial charge in [-0.05, 0) is 50.3 Å². The molecule has 1 atom stereocenters. The monoisotopic (exact) mass is 405 g/mol. The van der Waals surface area contributed by atoms with Gasteiger partial charge in [-0.15, -0.1) is 0 Å². The van der Waals surface area contributed by atoms with Gasteiger partial charge in [0.1, 0.15) is 5.82 Å². The molecule has 0 aromatic heterocycles. The van der Waals surface area contributed by atoms with Crippen molar-refractivity contribution in [2.24, 2.45) is 10.4 Å². The van der Waals surface area contributed by atoms with E-state index in [2.05, 4.69) is 23.6 Å². The summed E-state index contributed by atoms with van der Waals surface area (Å²) in [7, 11) is 0. The molecule has 29 heavy (non-hydrogen) atoms. The van der Waals surface area contributed by atoms with Gasteiger partial charge in [0.05, 0.1) is 13.2 Å². The van der Waals surface area contributed by atoms with Crippen molar-refractivity contribution >= 4 is 5.96 Å². The molecule has 1 saturated heterocycles. The molecule has 0 bridgehead atoms. The van der Waals surface area contributed by atoms with Crippen LogP contribution in [0, 0.1) is 11.2 Å². The highest BCUT2D eigenvalue weighted by Crippen LogP contribution is 2.39. The minimum Gasteiger partial charge on any atom is -0.396 e. The van der Waals surface area contributed by atoms with Crippen LogP contribution in [0.2, 0.25) is 0 Å². The smallest absolute Gasteiger partial charge is 0.191 e. The van der Waals surface area contributed by atoms with Crippen molar-refractivity contribution in [3.05, 3.63) is 35.6 Å². The van der Waals surface area contributed by atoms with E-state index in [4.69, 9.17) is 9.73 Å². The fourth-order valence-electron chi connectivity index (χ4n) is 4.74. The second kappa shape index (κ2) is 10.4. The summed E-state index contributed by atoms with van der Waals surface area (Å²) in [5.41, 5.74) is 0.958. The first-order chi connectivity index (χ1) is 14.1. The Hall–Kier alpha value is -1.66. The van der Waals surface area contributed by atoms with E-state index in [1.807, 2.05) is 6.07 Å². The van der Waals surface area contributed by atoms with Gasteiger partial charge in [0.2, 0.25) is 0 Å². The van der Waals surface area contributed by atoms with Gasteiger partial charge in [0, 0.05) is 37.1 Å². The van der Waals surface area contributed by atoms with Crippen LogP contribution in [-0.4, -0.2) is 50.5 Å². The Morgan fingerprint density at radius 2 is 2.03 bits per heavy atom. The maximum absolute atomic E-state index is 13.9. The number of nitrogens with one attached hydrogen (secondary N) is 2. The zero-order valence-corrected chi connectivity index (χ0v) is 17.7. The molecule has 1 aliphatic heterocycles. The minimum absolute atomic E-state index is 0.0597. The summed E-state index contributed by atoms with van der Waals surface area (Å²) >= 11 is 0. The lowest BCUT2D eigenvalue weighted by Crippen LogP contribution is -2.47. The number of hydrogen-bond acceptors (Lipinski definition) is 3. The topological polar surface area (TPSA) is 65.9 Å².